The Labute approximate surface area is 147 Å². The lowest BCUT2D eigenvalue weighted by atomic mass is 10.1. The summed E-state index contributed by atoms with van der Waals surface area (Å²) in [7, 11) is 0. The number of aromatic nitrogens is 2. The third-order valence-electron chi connectivity index (χ3n) is 3.88. The second-order valence-corrected chi connectivity index (χ2v) is 5.91. The molecule has 3 aromatic rings. The highest BCUT2D eigenvalue weighted by molar-refractivity contribution is 6.03. The molecule has 0 fully saturated rings. The van der Waals surface area contributed by atoms with E-state index in [1.807, 2.05) is 50.2 Å². The first-order chi connectivity index (χ1) is 12.1. The van der Waals surface area contributed by atoms with Crippen LogP contribution in [0, 0.1) is 13.8 Å². The molecule has 2 aromatic heterocycles. The van der Waals surface area contributed by atoms with Crippen molar-refractivity contribution in [1.29, 1.82) is 0 Å². The molecule has 3 rings (SSSR count). The Morgan fingerprint density at radius 3 is 2.56 bits per heavy atom. The van der Waals surface area contributed by atoms with Crippen molar-refractivity contribution in [1.82, 2.24) is 9.97 Å². The first-order valence-electron chi connectivity index (χ1n) is 8.09. The summed E-state index contributed by atoms with van der Waals surface area (Å²) in [4.78, 5) is 20.6. The number of rotatable bonds is 5. The molecule has 0 saturated heterocycles. The van der Waals surface area contributed by atoms with E-state index in [2.05, 4.69) is 20.6 Å². The van der Waals surface area contributed by atoms with Gasteiger partial charge in [-0.25, -0.2) is 4.98 Å². The molecule has 0 saturated carbocycles. The molecule has 0 unspecified atom stereocenters. The first-order valence-corrected chi connectivity index (χ1v) is 8.09. The molecule has 1 amide bonds. The summed E-state index contributed by atoms with van der Waals surface area (Å²) in [5.74, 6) is -0.214. The van der Waals surface area contributed by atoms with Crippen molar-refractivity contribution in [2.75, 3.05) is 10.6 Å². The van der Waals surface area contributed by atoms with Crippen LogP contribution in [-0.2, 0) is 6.54 Å². The van der Waals surface area contributed by atoms with Gasteiger partial charge in [0.1, 0.15) is 5.69 Å². The van der Waals surface area contributed by atoms with Gasteiger partial charge < -0.3 is 10.6 Å². The molecule has 0 radical (unpaired) electrons. The van der Waals surface area contributed by atoms with E-state index in [9.17, 15) is 4.79 Å². The van der Waals surface area contributed by atoms with Gasteiger partial charge in [-0.3, -0.25) is 9.78 Å². The standard InChI is InChI=1S/C20H20N4O/c1-14-3-4-15(2)19(11-14)24-20(25)18-6-5-17(13-23-18)22-12-16-7-9-21-10-8-16/h3-11,13,22H,12H2,1-2H3,(H,24,25). The van der Waals surface area contributed by atoms with Gasteiger partial charge in [0.05, 0.1) is 11.9 Å². The highest BCUT2D eigenvalue weighted by atomic mass is 16.1. The Hall–Kier alpha value is -3.21. The number of amides is 1. The quantitative estimate of drug-likeness (QED) is 0.742. The Morgan fingerprint density at radius 2 is 1.84 bits per heavy atom. The summed E-state index contributed by atoms with van der Waals surface area (Å²) in [6.45, 7) is 4.64. The van der Waals surface area contributed by atoms with Gasteiger partial charge in [0.2, 0.25) is 0 Å². The van der Waals surface area contributed by atoms with Gasteiger partial charge in [-0.15, -0.1) is 0 Å². The SMILES string of the molecule is Cc1ccc(C)c(NC(=O)c2ccc(NCc3ccncc3)cn2)c1. The molecule has 1 aromatic carbocycles. The molecule has 126 valence electrons. The van der Waals surface area contributed by atoms with Crippen LogP contribution >= 0.6 is 0 Å². The second kappa shape index (κ2) is 7.57. The van der Waals surface area contributed by atoms with E-state index in [4.69, 9.17) is 0 Å². The fraction of sp³-hybridized carbons (Fsp3) is 0.150. The van der Waals surface area contributed by atoms with Crippen LogP contribution in [0.15, 0.2) is 61.1 Å². The molecule has 0 atom stereocenters. The molecule has 5 heteroatoms. The van der Waals surface area contributed by atoms with Crippen LogP contribution in [0.2, 0.25) is 0 Å². The maximum Gasteiger partial charge on any atom is 0.274 e. The highest BCUT2D eigenvalue weighted by Crippen LogP contribution is 2.17. The van der Waals surface area contributed by atoms with Crippen molar-refractivity contribution in [3.63, 3.8) is 0 Å². The van der Waals surface area contributed by atoms with Gasteiger partial charge in [-0.1, -0.05) is 12.1 Å². The average molecular weight is 332 g/mol. The number of pyridine rings is 2. The zero-order valence-corrected chi connectivity index (χ0v) is 14.3. The summed E-state index contributed by atoms with van der Waals surface area (Å²) in [6.07, 6.45) is 5.19. The number of benzene rings is 1. The Balaban J connectivity index is 1.63. The topological polar surface area (TPSA) is 66.9 Å². The van der Waals surface area contributed by atoms with Crippen LogP contribution in [0.4, 0.5) is 11.4 Å². The number of carbonyl (C=O) groups excluding carboxylic acids is 1. The lowest BCUT2D eigenvalue weighted by Gasteiger charge is -2.10. The predicted molar refractivity (Wildman–Crippen MR) is 99.7 cm³/mol. The summed E-state index contributed by atoms with van der Waals surface area (Å²) in [5, 5.41) is 6.19. The van der Waals surface area contributed by atoms with Crippen LogP contribution in [0.3, 0.4) is 0 Å². The lowest BCUT2D eigenvalue weighted by molar-refractivity contribution is 0.102. The molecule has 25 heavy (non-hydrogen) atoms. The monoisotopic (exact) mass is 332 g/mol. The molecule has 0 aliphatic carbocycles. The van der Waals surface area contributed by atoms with Gasteiger partial charge in [0.25, 0.3) is 5.91 Å². The molecule has 0 spiro atoms. The fourth-order valence-corrected chi connectivity index (χ4v) is 2.39. The minimum Gasteiger partial charge on any atom is -0.380 e. The first kappa shape index (κ1) is 16.6. The molecule has 5 nitrogen and oxygen atoms in total. The number of hydrogen-bond donors (Lipinski definition) is 2. The van der Waals surface area contributed by atoms with E-state index < -0.39 is 0 Å². The molecule has 0 bridgehead atoms. The van der Waals surface area contributed by atoms with Gasteiger partial charge in [0, 0.05) is 24.6 Å². The highest BCUT2D eigenvalue weighted by Gasteiger charge is 2.09. The number of hydrogen-bond acceptors (Lipinski definition) is 4. The number of aryl methyl sites for hydroxylation is 2. The van der Waals surface area contributed by atoms with E-state index in [1.165, 1.54) is 0 Å². The van der Waals surface area contributed by atoms with Crippen LogP contribution in [0.25, 0.3) is 0 Å². The third-order valence-corrected chi connectivity index (χ3v) is 3.88. The van der Waals surface area contributed by atoms with Crippen molar-refractivity contribution in [3.8, 4) is 0 Å². The normalized spacial score (nSPS) is 10.3. The number of nitrogens with one attached hydrogen (secondary N) is 2. The molecular formula is C20H20N4O. The Kier molecular flexibility index (Phi) is 5.04. The zero-order valence-electron chi connectivity index (χ0n) is 14.3. The Bertz CT molecular complexity index is 861. The maximum atomic E-state index is 12.4. The minimum atomic E-state index is -0.214. The van der Waals surface area contributed by atoms with Gasteiger partial charge in [-0.05, 0) is 60.9 Å². The van der Waals surface area contributed by atoms with E-state index in [1.54, 1.807) is 24.7 Å². The minimum absolute atomic E-state index is 0.214. The van der Waals surface area contributed by atoms with Crippen molar-refractivity contribution in [3.05, 3.63) is 83.4 Å². The summed E-state index contributed by atoms with van der Waals surface area (Å²) >= 11 is 0. The largest absolute Gasteiger partial charge is 0.380 e. The van der Waals surface area contributed by atoms with Crippen molar-refractivity contribution in [2.45, 2.75) is 20.4 Å². The second-order valence-electron chi connectivity index (χ2n) is 5.91. The number of carbonyl (C=O) groups is 1. The lowest BCUT2D eigenvalue weighted by Crippen LogP contribution is -2.14. The van der Waals surface area contributed by atoms with Crippen molar-refractivity contribution in [2.24, 2.45) is 0 Å². The summed E-state index contributed by atoms with van der Waals surface area (Å²) in [6, 6.07) is 13.4. The van der Waals surface area contributed by atoms with E-state index in [-0.39, 0.29) is 5.91 Å². The van der Waals surface area contributed by atoms with Crippen molar-refractivity contribution >= 4 is 17.3 Å². The fourth-order valence-electron chi connectivity index (χ4n) is 2.39. The molecule has 0 aliphatic heterocycles. The zero-order chi connectivity index (χ0) is 17.6. The Morgan fingerprint density at radius 1 is 1.04 bits per heavy atom. The summed E-state index contributed by atoms with van der Waals surface area (Å²) in [5.41, 5.74) is 5.31. The molecule has 2 N–H and O–H groups in total. The smallest absolute Gasteiger partial charge is 0.274 e. The van der Waals surface area contributed by atoms with Gasteiger partial charge in [0.15, 0.2) is 0 Å². The maximum absolute atomic E-state index is 12.4. The molecule has 2 heterocycles. The van der Waals surface area contributed by atoms with E-state index >= 15 is 0 Å². The van der Waals surface area contributed by atoms with Crippen LogP contribution in [-0.4, -0.2) is 15.9 Å². The molecular weight excluding hydrogens is 312 g/mol. The van der Waals surface area contributed by atoms with Crippen LogP contribution in [0.1, 0.15) is 27.2 Å². The van der Waals surface area contributed by atoms with Crippen molar-refractivity contribution < 1.29 is 4.79 Å². The summed E-state index contributed by atoms with van der Waals surface area (Å²) < 4.78 is 0. The predicted octanol–water partition coefficient (Wildman–Crippen LogP) is 3.96. The number of nitrogens with zero attached hydrogens (tertiary/aromatic N) is 2. The van der Waals surface area contributed by atoms with Crippen LogP contribution in [0.5, 0.6) is 0 Å². The van der Waals surface area contributed by atoms with E-state index in [0.717, 1.165) is 28.1 Å². The van der Waals surface area contributed by atoms with Gasteiger partial charge in [-0.2, -0.15) is 0 Å². The third kappa shape index (κ3) is 4.41. The molecule has 0 aliphatic rings. The van der Waals surface area contributed by atoms with Crippen LogP contribution < -0.4 is 10.6 Å². The van der Waals surface area contributed by atoms with E-state index in [0.29, 0.717) is 12.2 Å². The average Bonchev–Trinajstić information content (AvgIpc) is 2.64. The number of anilines is 2. The van der Waals surface area contributed by atoms with Gasteiger partial charge >= 0.3 is 0 Å².